The smallest absolute Gasteiger partial charge is 0.260 e. The van der Waals surface area contributed by atoms with Crippen LogP contribution >= 0.6 is 0 Å². The summed E-state index contributed by atoms with van der Waals surface area (Å²) in [4.78, 5) is 24.6. The van der Waals surface area contributed by atoms with Crippen molar-refractivity contribution in [1.29, 1.82) is 0 Å². The number of benzene rings is 1. The average molecular weight is 247 g/mol. The second-order valence-corrected chi connectivity index (χ2v) is 4.52. The summed E-state index contributed by atoms with van der Waals surface area (Å²) in [6.07, 6.45) is 0.937. The van der Waals surface area contributed by atoms with Crippen molar-refractivity contribution in [2.45, 2.75) is 19.8 Å². The molecule has 0 bridgehead atoms. The number of rotatable bonds is 3. The Morgan fingerprint density at radius 2 is 1.83 bits per heavy atom. The Bertz CT molecular complexity index is 429. The lowest BCUT2D eigenvalue weighted by Gasteiger charge is -2.25. The second kappa shape index (κ2) is 5.67. The molecule has 1 aliphatic rings. The van der Waals surface area contributed by atoms with Crippen LogP contribution in [0, 0.1) is 6.92 Å². The Morgan fingerprint density at radius 1 is 1.22 bits per heavy atom. The first-order valence-corrected chi connectivity index (χ1v) is 6.14. The van der Waals surface area contributed by atoms with E-state index in [2.05, 4.69) is 0 Å². The highest BCUT2D eigenvalue weighted by molar-refractivity contribution is 5.83. The molecule has 0 atom stereocenters. The number of carbonyl (C=O) groups is 2. The molecule has 1 fully saturated rings. The van der Waals surface area contributed by atoms with Crippen LogP contribution < -0.4 is 4.74 Å². The third-order valence-corrected chi connectivity index (χ3v) is 3.06. The van der Waals surface area contributed by atoms with Crippen molar-refractivity contribution < 1.29 is 14.3 Å². The lowest BCUT2D eigenvalue weighted by atomic mass is 10.1. The van der Waals surface area contributed by atoms with Gasteiger partial charge in [-0.1, -0.05) is 17.7 Å². The first kappa shape index (κ1) is 12.6. The summed E-state index contributed by atoms with van der Waals surface area (Å²) >= 11 is 0. The van der Waals surface area contributed by atoms with Crippen molar-refractivity contribution in [3.05, 3.63) is 29.8 Å². The zero-order valence-electron chi connectivity index (χ0n) is 10.5. The number of ether oxygens (including phenoxy) is 1. The minimum absolute atomic E-state index is 0.0389. The molecule has 0 aliphatic carbocycles. The van der Waals surface area contributed by atoms with Crippen molar-refractivity contribution in [1.82, 2.24) is 4.90 Å². The van der Waals surface area contributed by atoms with Gasteiger partial charge in [0, 0.05) is 25.9 Å². The molecule has 0 N–H and O–H groups in total. The molecule has 1 amide bonds. The van der Waals surface area contributed by atoms with Crippen LogP contribution in [-0.2, 0) is 9.59 Å². The van der Waals surface area contributed by atoms with Gasteiger partial charge in [0.1, 0.15) is 11.5 Å². The van der Waals surface area contributed by atoms with E-state index >= 15 is 0 Å². The molecule has 1 aromatic carbocycles. The minimum atomic E-state index is -0.0527. The number of ketones is 1. The molecule has 4 heteroatoms. The van der Waals surface area contributed by atoms with Crippen LogP contribution in [0.5, 0.6) is 5.75 Å². The van der Waals surface area contributed by atoms with E-state index in [4.69, 9.17) is 4.74 Å². The van der Waals surface area contributed by atoms with E-state index in [0.29, 0.717) is 31.7 Å². The predicted octanol–water partition coefficient (Wildman–Crippen LogP) is 1.57. The van der Waals surface area contributed by atoms with Crippen LogP contribution in [0.15, 0.2) is 24.3 Å². The van der Waals surface area contributed by atoms with Gasteiger partial charge in [-0.2, -0.15) is 0 Å². The molecule has 1 saturated heterocycles. The van der Waals surface area contributed by atoms with Crippen molar-refractivity contribution in [3.8, 4) is 5.75 Å². The van der Waals surface area contributed by atoms with Gasteiger partial charge in [0.25, 0.3) is 5.91 Å². The summed E-state index contributed by atoms with van der Waals surface area (Å²) in [5.41, 5.74) is 1.16. The molecule has 0 spiro atoms. The number of carbonyl (C=O) groups excluding carboxylic acids is 2. The van der Waals surface area contributed by atoms with Crippen LogP contribution in [0.1, 0.15) is 18.4 Å². The first-order chi connectivity index (χ1) is 8.65. The van der Waals surface area contributed by atoms with E-state index in [1.54, 1.807) is 4.90 Å². The number of amides is 1. The highest BCUT2D eigenvalue weighted by atomic mass is 16.5. The van der Waals surface area contributed by atoms with Gasteiger partial charge in [-0.15, -0.1) is 0 Å². The van der Waals surface area contributed by atoms with E-state index in [0.717, 1.165) is 5.56 Å². The summed E-state index contributed by atoms with van der Waals surface area (Å²) in [6.45, 7) is 3.08. The number of aryl methyl sites for hydroxylation is 1. The highest BCUT2D eigenvalue weighted by Gasteiger charge is 2.20. The molecule has 4 nitrogen and oxygen atoms in total. The highest BCUT2D eigenvalue weighted by Crippen LogP contribution is 2.12. The van der Waals surface area contributed by atoms with Crippen LogP contribution in [-0.4, -0.2) is 36.3 Å². The Morgan fingerprint density at radius 3 is 2.44 bits per heavy atom. The van der Waals surface area contributed by atoms with Gasteiger partial charge in [0.05, 0.1) is 0 Å². The third kappa shape index (κ3) is 3.32. The summed E-state index contributed by atoms with van der Waals surface area (Å²) in [6, 6.07) is 7.59. The van der Waals surface area contributed by atoms with Crippen molar-refractivity contribution in [2.24, 2.45) is 0 Å². The van der Waals surface area contributed by atoms with Crippen LogP contribution in [0.2, 0.25) is 0 Å². The molecule has 0 saturated carbocycles. The number of hydrogen-bond acceptors (Lipinski definition) is 3. The average Bonchev–Trinajstić information content (AvgIpc) is 2.38. The monoisotopic (exact) mass is 247 g/mol. The zero-order chi connectivity index (χ0) is 13.0. The lowest BCUT2D eigenvalue weighted by Crippen LogP contribution is -2.41. The number of piperidine rings is 1. The Labute approximate surface area is 107 Å². The minimum Gasteiger partial charge on any atom is -0.484 e. The molecule has 1 heterocycles. The number of Topliss-reactive ketones (excluding diaryl/α,β-unsaturated/α-hetero) is 1. The van der Waals surface area contributed by atoms with Gasteiger partial charge in [-0.05, 0) is 19.1 Å². The topological polar surface area (TPSA) is 46.6 Å². The largest absolute Gasteiger partial charge is 0.484 e. The van der Waals surface area contributed by atoms with E-state index in [1.807, 2.05) is 31.2 Å². The molecule has 0 aromatic heterocycles. The number of likely N-dealkylation sites (tertiary alicyclic amines) is 1. The molecule has 0 unspecified atom stereocenters. The normalized spacial score (nSPS) is 15.6. The molecule has 1 aliphatic heterocycles. The van der Waals surface area contributed by atoms with Gasteiger partial charge < -0.3 is 9.64 Å². The Balaban J connectivity index is 1.81. The van der Waals surface area contributed by atoms with Gasteiger partial charge in [0.2, 0.25) is 0 Å². The molecule has 96 valence electrons. The van der Waals surface area contributed by atoms with Crippen molar-refractivity contribution in [2.75, 3.05) is 19.7 Å². The fourth-order valence-electron chi connectivity index (χ4n) is 1.88. The standard InChI is InChI=1S/C14H17NO3/c1-11-2-4-13(5-3-11)18-10-14(17)15-8-6-12(16)7-9-15/h2-5H,6-10H2,1H3. The SMILES string of the molecule is Cc1ccc(OCC(=O)N2CCC(=O)CC2)cc1. The van der Waals surface area contributed by atoms with Gasteiger partial charge in [-0.3, -0.25) is 9.59 Å². The molecule has 2 rings (SSSR count). The predicted molar refractivity (Wildman–Crippen MR) is 67.5 cm³/mol. The van der Waals surface area contributed by atoms with Gasteiger partial charge in [-0.25, -0.2) is 0 Å². The fourth-order valence-corrected chi connectivity index (χ4v) is 1.88. The molecule has 1 aromatic rings. The Kier molecular flexibility index (Phi) is 3.97. The zero-order valence-corrected chi connectivity index (χ0v) is 10.5. The Hall–Kier alpha value is -1.84. The molecular formula is C14H17NO3. The second-order valence-electron chi connectivity index (χ2n) is 4.52. The first-order valence-electron chi connectivity index (χ1n) is 6.14. The molecule has 0 radical (unpaired) electrons. The lowest BCUT2D eigenvalue weighted by molar-refractivity contribution is -0.136. The maximum atomic E-state index is 11.8. The summed E-state index contributed by atoms with van der Waals surface area (Å²) in [5.74, 6) is 0.878. The van der Waals surface area contributed by atoms with Gasteiger partial charge >= 0.3 is 0 Å². The van der Waals surface area contributed by atoms with E-state index < -0.39 is 0 Å². The maximum absolute atomic E-state index is 11.8. The van der Waals surface area contributed by atoms with E-state index in [-0.39, 0.29) is 18.3 Å². The number of nitrogens with zero attached hydrogens (tertiary/aromatic N) is 1. The maximum Gasteiger partial charge on any atom is 0.260 e. The van der Waals surface area contributed by atoms with Crippen LogP contribution in [0.4, 0.5) is 0 Å². The summed E-state index contributed by atoms with van der Waals surface area (Å²) in [7, 11) is 0. The van der Waals surface area contributed by atoms with Gasteiger partial charge in [0.15, 0.2) is 6.61 Å². The fraction of sp³-hybridized carbons (Fsp3) is 0.429. The van der Waals surface area contributed by atoms with Crippen LogP contribution in [0.25, 0.3) is 0 Å². The van der Waals surface area contributed by atoms with Crippen LogP contribution in [0.3, 0.4) is 0 Å². The van der Waals surface area contributed by atoms with E-state index in [9.17, 15) is 9.59 Å². The molecule has 18 heavy (non-hydrogen) atoms. The summed E-state index contributed by atoms with van der Waals surface area (Å²) < 4.78 is 5.43. The third-order valence-electron chi connectivity index (χ3n) is 3.06. The van der Waals surface area contributed by atoms with E-state index in [1.165, 1.54) is 0 Å². The summed E-state index contributed by atoms with van der Waals surface area (Å²) in [5, 5.41) is 0. The van der Waals surface area contributed by atoms with Crippen molar-refractivity contribution in [3.63, 3.8) is 0 Å². The van der Waals surface area contributed by atoms with Crippen molar-refractivity contribution >= 4 is 11.7 Å². The quantitative estimate of drug-likeness (QED) is 0.814. The number of hydrogen-bond donors (Lipinski definition) is 0. The molecular weight excluding hydrogens is 230 g/mol.